The molecule has 0 saturated heterocycles. The lowest BCUT2D eigenvalue weighted by atomic mass is 10.1. The Kier molecular flexibility index (Phi) is 4.90. The van der Waals surface area contributed by atoms with Crippen molar-refractivity contribution >= 4 is 17.5 Å². The molecule has 1 aromatic rings. The van der Waals surface area contributed by atoms with Crippen molar-refractivity contribution < 1.29 is 14.3 Å². The van der Waals surface area contributed by atoms with E-state index in [1.54, 1.807) is 13.8 Å². The van der Waals surface area contributed by atoms with Gasteiger partial charge in [0.05, 0.1) is 11.7 Å². The van der Waals surface area contributed by atoms with Gasteiger partial charge in [-0.25, -0.2) is 4.39 Å². The lowest BCUT2D eigenvalue weighted by Gasteiger charge is -2.15. The second kappa shape index (κ2) is 5.98. The highest BCUT2D eigenvalue weighted by atomic mass is 35.5. The molecule has 1 aromatic carbocycles. The van der Waals surface area contributed by atoms with E-state index in [2.05, 4.69) is 5.32 Å². The Bertz CT molecular complexity index is 409. The van der Waals surface area contributed by atoms with Gasteiger partial charge in [-0.2, -0.15) is 0 Å². The molecule has 0 bridgehead atoms. The van der Waals surface area contributed by atoms with Crippen LogP contribution in [0, 0.1) is 5.82 Å². The van der Waals surface area contributed by atoms with Crippen LogP contribution in [0.2, 0.25) is 5.02 Å². The summed E-state index contributed by atoms with van der Waals surface area (Å²) in [5.74, 6) is -1.16. The van der Waals surface area contributed by atoms with Crippen molar-refractivity contribution in [2.45, 2.75) is 32.4 Å². The van der Waals surface area contributed by atoms with Crippen molar-refractivity contribution in [3.63, 3.8) is 0 Å². The number of aliphatic hydroxyl groups excluding tert-OH is 1. The molecule has 2 unspecified atom stereocenters. The van der Waals surface area contributed by atoms with Gasteiger partial charge in [-0.1, -0.05) is 11.6 Å². The van der Waals surface area contributed by atoms with E-state index in [0.29, 0.717) is 6.42 Å². The first kappa shape index (κ1) is 13.9. The number of carbonyl (C=O) groups is 1. The lowest BCUT2D eigenvalue weighted by Crippen LogP contribution is -2.35. The number of halogens is 2. The Labute approximate surface area is 105 Å². The topological polar surface area (TPSA) is 49.3 Å². The quantitative estimate of drug-likeness (QED) is 0.872. The predicted molar refractivity (Wildman–Crippen MR) is 64.6 cm³/mol. The van der Waals surface area contributed by atoms with Crippen LogP contribution in [-0.2, 0) is 0 Å². The largest absolute Gasteiger partial charge is 0.393 e. The first-order valence-corrected chi connectivity index (χ1v) is 5.72. The molecular weight excluding hydrogens is 245 g/mol. The standard InChI is InChI=1S/C12H15ClFNO2/c1-7(5-8(2)16)15-12(17)10-4-3-9(13)6-11(10)14/h3-4,6-8,16H,5H2,1-2H3,(H,15,17). The highest BCUT2D eigenvalue weighted by Crippen LogP contribution is 2.14. The smallest absolute Gasteiger partial charge is 0.254 e. The van der Waals surface area contributed by atoms with E-state index < -0.39 is 17.8 Å². The third kappa shape index (κ3) is 4.32. The predicted octanol–water partition coefficient (Wildman–Crippen LogP) is 2.37. The molecule has 0 aromatic heterocycles. The number of amides is 1. The van der Waals surface area contributed by atoms with E-state index in [1.807, 2.05) is 0 Å². The van der Waals surface area contributed by atoms with Gasteiger partial charge in [0.15, 0.2) is 0 Å². The molecule has 3 nitrogen and oxygen atoms in total. The minimum absolute atomic E-state index is 0.0492. The number of aliphatic hydroxyl groups is 1. The van der Waals surface area contributed by atoms with Gasteiger partial charge in [-0.05, 0) is 38.5 Å². The molecule has 17 heavy (non-hydrogen) atoms. The normalized spacial score (nSPS) is 14.2. The maximum absolute atomic E-state index is 13.4. The maximum atomic E-state index is 13.4. The van der Waals surface area contributed by atoms with Crippen molar-refractivity contribution in [3.05, 3.63) is 34.6 Å². The van der Waals surface area contributed by atoms with Crippen LogP contribution >= 0.6 is 11.6 Å². The molecule has 5 heteroatoms. The Morgan fingerprint density at radius 1 is 1.53 bits per heavy atom. The van der Waals surface area contributed by atoms with Gasteiger partial charge in [0, 0.05) is 11.1 Å². The zero-order valence-electron chi connectivity index (χ0n) is 9.71. The fourth-order valence-electron chi connectivity index (χ4n) is 1.55. The molecule has 94 valence electrons. The molecule has 0 saturated carbocycles. The molecule has 2 N–H and O–H groups in total. The van der Waals surface area contributed by atoms with Gasteiger partial charge in [-0.15, -0.1) is 0 Å². The van der Waals surface area contributed by atoms with Crippen LogP contribution in [0.25, 0.3) is 0 Å². The van der Waals surface area contributed by atoms with Crippen molar-refractivity contribution in [1.82, 2.24) is 5.32 Å². The molecule has 0 heterocycles. The van der Waals surface area contributed by atoms with Gasteiger partial charge in [-0.3, -0.25) is 4.79 Å². The SMILES string of the molecule is CC(O)CC(C)NC(=O)c1ccc(Cl)cc1F. The van der Waals surface area contributed by atoms with Crippen LogP contribution in [0.1, 0.15) is 30.6 Å². The van der Waals surface area contributed by atoms with Crippen LogP contribution in [0.15, 0.2) is 18.2 Å². The maximum Gasteiger partial charge on any atom is 0.254 e. The summed E-state index contributed by atoms with van der Waals surface area (Å²) in [6, 6.07) is 3.66. The second-order valence-corrected chi connectivity index (χ2v) is 4.52. The Hall–Kier alpha value is -1.13. The van der Waals surface area contributed by atoms with Gasteiger partial charge in [0.1, 0.15) is 5.82 Å². The zero-order valence-corrected chi connectivity index (χ0v) is 10.5. The number of carbonyl (C=O) groups excluding carboxylic acids is 1. The van der Waals surface area contributed by atoms with Crippen molar-refractivity contribution in [3.8, 4) is 0 Å². The molecule has 2 atom stereocenters. The monoisotopic (exact) mass is 259 g/mol. The zero-order chi connectivity index (χ0) is 13.0. The van der Waals surface area contributed by atoms with Crippen LogP contribution in [0.5, 0.6) is 0 Å². The second-order valence-electron chi connectivity index (χ2n) is 4.08. The summed E-state index contributed by atoms with van der Waals surface area (Å²) in [4.78, 5) is 11.7. The Morgan fingerprint density at radius 3 is 2.71 bits per heavy atom. The van der Waals surface area contributed by atoms with Gasteiger partial charge < -0.3 is 10.4 Å². The molecule has 1 rings (SSSR count). The summed E-state index contributed by atoms with van der Waals surface area (Å²) < 4.78 is 13.4. The first-order chi connectivity index (χ1) is 7.90. The highest BCUT2D eigenvalue weighted by Gasteiger charge is 2.15. The van der Waals surface area contributed by atoms with E-state index in [4.69, 9.17) is 16.7 Å². The van der Waals surface area contributed by atoms with E-state index >= 15 is 0 Å². The summed E-state index contributed by atoms with van der Waals surface area (Å²) in [5, 5.41) is 12.0. The summed E-state index contributed by atoms with van der Waals surface area (Å²) in [6.07, 6.45) is -0.0959. The van der Waals surface area contributed by atoms with Crippen molar-refractivity contribution in [2.24, 2.45) is 0 Å². The number of hydrogen-bond donors (Lipinski definition) is 2. The molecule has 0 aliphatic rings. The summed E-state index contributed by atoms with van der Waals surface area (Å²) in [7, 11) is 0. The molecule has 0 aliphatic carbocycles. The van der Waals surface area contributed by atoms with E-state index in [1.165, 1.54) is 12.1 Å². The fraction of sp³-hybridized carbons (Fsp3) is 0.417. The lowest BCUT2D eigenvalue weighted by molar-refractivity contribution is 0.0919. The number of nitrogens with one attached hydrogen (secondary N) is 1. The fourth-order valence-corrected chi connectivity index (χ4v) is 1.70. The van der Waals surface area contributed by atoms with Crippen molar-refractivity contribution in [2.75, 3.05) is 0 Å². The summed E-state index contributed by atoms with van der Waals surface area (Å²) in [6.45, 7) is 3.38. The van der Waals surface area contributed by atoms with Gasteiger partial charge in [0.25, 0.3) is 5.91 Å². The average molecular weight is 260 g/mol. The third-order valence-electron chi connectivity index (χ3n) is 2.25. The van der Waals surface area contributed by atoms with Crippen LogP contribution in [-0.4, -0.2) is 23.2 Å². The highest BCUT2D eigenvalue weighted by molar-refractivity contribution is 6.30. The van der Waals surface area contributed by atoms with Crippen LogP contribution < -0.4 is 5.32 Å². The Morgan fingerprint density at radius 2 is 2.18 bits per heavy atom. The van der Waals surface area contributed by atoms with E-state index in [9.17, 15) is 9.18 Å². The molecular formula is C12H15ClFNO2. The molecule has 0 radical (unpaired) electrons. The average Bonchev–Trinajstić information content (AvgIpc) is 2.15. The van der Waals surface area contributed by atoms with Crippen LogP contribution in [0.4, 0.5) is 4.39 Å². The van der Waals surface area contributed by atoms with Crippen molar-refractivity contribution in [1.29, 1.82) is 0 Å². The molecule has 0 spiro atoms. The number of rotatable bonds is 4. The summed E-state index contributed by atoms with van der Waals surface area (Å²) >= 11 is 5.59. The third-order valence-corrected chi connectivity index (χ3v) is 2.48. The molecule has 0 aliphatic heterocycles. The van der Waals surface area contributed by atoms with Gasteiger partial charge >= 0.3 is 0 Å². The molecule has 0 fully saturated rings. The van der Waals surface area contributed by atoms with E-state index in [-0.39, 0.29) is 16.6 Å². The molecule has 1 amide bonds. The first-order valence-electron chi connectivity index (χ1n) is 5.34. The minimum Gasteiger partial charge on any atom is -0.393 e. The number of benzene rings is 1. The van der Waals surface area contributed by atoms with Crippen LogP contribution in [0.3, 0.4) is 0 Å². The summed E-state index contributed by atoms with van der Waals surface area (Å²) in [5.41, 5.74) is -0.0492. The Balaban J connectivity index is 2.70. The van der Waals surface area contributed by atoms with Gasteiger partial charge in [0.2, 0.25) is 0 Å². The minimum atomic E-state index is -0.653. The number of hydrogen-bond acceptors (Lipinski definition) is 2. The van der Waals surface area contributed by atoms with E-state index in [0.717, 1.165) is 6.07 Å².